The topological polar surface area (TPSA) is 90.2 Å². The van der Waals surface area contributed by atoms with Crippen molar-refractivity contribution >= 4 is 5.97 Å². The number of carboxylic acid groups (broad SMARTS) is 1. The maximum atomic E-state index is 12.0. The molecule has 136 valence electrons. The molecule has 2 heterocycles. The Bertz CT molecular complexity index is 912. The molecule has 0 radical (unpaired) electrons. The first-order valence-corrected chi connectivity index (χ1v) is 9.23. The first-order valence-electron chi connectivity index (χ1n) is 9.23. The number of piperidine rings is 1. The largest absolute Gasteiger partial charge is 0.504 e. The zero-order valence-electron chi connectivity index (χ0n) is 14.5. The van der Waals surface area contributed by atoms with Gasteiger partial charge in [0.1, 0.15) is 11.7 Å². The highest BCUT2D eigenvalue weighted by atomic mass is 16.5. The van der Waals surface area contributed by atoms with E-state index in [1.165, 1.54) is 0 Å². The maximum Gasteiger partial charge on any atom is 0.309 e. The number of benzene rings is 1. The van der Waals surface area contributed by atoms with Crippen LogP contribution in [0.4, 0.5) is 0 Å². The van der Waals surface area contributed by atoms with Crippen LogP contribution in [-0.2, 0) is 16.6 Å². The first kappa shape index (κ1) is 15.1. The van der Waals surface area contributed by atoms with E-state index in [4.69, 9.17) is 4.74 Å². The van der Waals surface area contributed by atoms with Crippen LogP contribution in [-0.4, -0.2) is 57.5 Å². The smallest absolute Gasteiger partial charge is 0.309 e. The number of rotatable bonds is 1. The van der Waals surface area contributed by atoms with Crippen LogP contribution in [0.3, 0.4) is 0 Å². The van der Waals surface area contributed by atoms with E-state index in [9.17, 15) is 20.1 Å². The molecule has 0 aromatic heterocycles. The van der Waals surface area contributed by atoms with Crippen molar-refractivity contribution in [3.63, 3.8) is 0 Å². The standard InChI is InChI=1S/C20H21NO5/c1-21-7-6-19-14-10-2-3-12(22)15(14)26-17(19)20(25)5-4-18(19,13(21)8-10)9-11(20)16(23)24/h2-5,11,13,17,22,25H,6-9H2,1H3,(H,23,24)/t11-,13+,17-,18+,19+,20+/m1/s1. The van der Waals surface area contributed by atoms with Gasteiger partial charge in [0.25, 0.3) is 0 Å². The molecule has 1 aromatic carbocycles. The van der Waals surface area contributed by atoms with Crippen molar-refractivity contribution in [1.82, 2.24) is 4.90 Å². The monoisotopic (exact) mass is 355 g/mol. The average Bonchev–Trinajstić information content (AvgIpc) is 2.98. The molecule has 0 unspecified atom stereocenters. The molecule has 0 amide bonds. The van der Waals surface area contributed by atoms with Crippen molar-refractivity contribution in [2.75, 3.05) is 13.6 Å². The summed E-state index contributed by atoms with van der Waals surface area (Å²) in [6.45, 7) is 0.864. The van der Waals surface area contributed by atoms with E-state index in [0.717, 1.165) is 30.5 Å². The molecular formula is C20H21NO5. The lowest BCUT2D eigenvalue weighted by Crippen LogP contribution is -2.79. The first-order chi connectivity index (χ1) is 12.3. The van der Waals surface area contributed by atoms with E-state index in [2.05, 4.69) is 18.0 Å². The molecule has 3 N–H and O–H groups in total. The molecule has 7 rings (SSSR count). The van der Waals surface area contributed by atoms with Crippen molar-refractivity contribution in [1.29, 1.82) is 0 Å². The summed E-state index contributed by atoms with van der Waals surface area (Å²) in [5.41, 5.74) is -0.267. The van der Waals surface area contributed by atoms with Crippen LogP contribution in [0.1, 0.15) is 24.0 Å². The lowest BCUT2D eigenvalue weighted by molar-refractivity contribution is -0.211. The fourth-order valence-electron chi connectivity index (χ4n) is 7.04. The number of carbonyl (C=O) groups is 1. The van der Waals surface area contributed by atoms with Gasteiger partial charge in [-0.25, -0.2) is 0 Å². The van der Waals surface area contributed by atoms with Gasteiger partial charge in [0.2, 0.25) is 0 Å². The number of phenols is 1. The van der Waals surface area contributed by atoms with Gasteiger partial charge in [0, 0.05) is 17.0 Å². The number of aliphatic carboxylic acids is 1. The molecule has 1 saturated heterocycles. The quantitative estimate of drug-likeness (QED) is 0.652. The summed E-state index contributed by atoms with van der Waals surface area (Å²) in [5.74, 6) is -1.36. The van der Waals surface area contributed by atoms with Crippen LogP contribution in [0.25, 0.3) is 0 Å². The second-order valence-electron chi connectivity index (χ2n) is 8.72. The Morgan fingerprint density at radius 1 is 1.35 bits per heavy atom. The zero-order chi connectivity index (χ0) is 18.1. The number of aliphatic hydroxyl groups is 1. The summed E-state index contributed by atoms with van der Waals surface area (Å²) >= 11 is 0. The summed E-state index contributed by atoms with van der Waals surface area (Å²) in [5, 5.41) is 31.8. The molecule has 2 spiro atoms. The number of hydrogen-bond donors (Lipinski definition) is 3. The van der Waals surface area contributed by atoms with Gasteiger partial charge >= 0.3 is 5.97 Å². The van der Waals surface area contributed by atoms with Crippen molar-refractivity contribution < 1.29 is 24.9 Å². The van der Waals surface area contributed by atoms with Crippen molar-refractivity contribution in [3.8, 4) is 11.5 Å². The van der Waals surface area contributed by atoms with E-state index < -0.39 is 34.4 Å². The Balaban J connectivity index is 1.73. The van der Waals surface area contributed by atoms with Crippen LogP contribution in [0.2, 0.25) is 0 Å². The van der Waals surface area contributed by atoms with E-state index in [1.54, 1.807) is 12.1 Å². The van der Waals surface area contributed by atoms with Crippen molar-refractivity contribution in [3.05, 3.63) is 35.4 Å². The van der Waals surface area contributed by atoms with Crippen molar-refractivity contribution in [2.24, 2.45) is 11.3 Å². The summed E-state index contributed by atoms with van der Waals surface area (Å²) in [6, 6.07) is 3.78. The summed E-state index contributed by atoms with van der Waals surface area (Å²) in [4.78, 5) is 14.4. The number of fused-ring (bicyclic) bond motifs is 1. The van der Waals surface area contributed by atoms with Crippen LogP contribution >= 0.6 is 0 Å². The lowest BCUT2D eigenvalue weighted by Gasteiger charge is -2.69. The summed E-state index contributed by atoms with van der Waals surface area (Å²) in [6.07, 6.45) is 5.07. The van der Waals surface area contributed by atoms with Crippen molar-refractivity contribution in [2.45, 2.75) is 42.4 Å². The number of phenolic OH excluding ortho intramolecular Hbond substituents is 1. The Hall–Kier alpha value is -2.05. The predicted molar refractivity (Wildman–Crippen MR) is 91.2 cm³/mol. The Labute approximate surface area is 150 Å². The van der Waals surface area contributed by atoms with E-state index >= 15 is 0 Å². The van der Waals surface area contributed by atoms with Gasteiger partial charge in [0.15, 0.2) is 11.5 Å². The van der Waals surface area contributed by atoms with Crippen LogP contribution in [0.15, 0.2) is 24.3 Å². The fourth-order valence-corrected chi connectivity index (χ4v) is 7.04. The van der Waals surface area contributed by atoms with Gasteiger partial charge in [-0.1, -0.05) is 18.2 Å². The number of carboxylic acids is 1. The third-order valence-corrected chi connectivity index (χ3v) is 8.05. The molecular weight excluding hydrogens is 334 g/mol. The van der Waals surface area contributed by atoms with E-state index in [-0.39, 0.29) is 11.8 Å². The normalized spacial score (nSPS) is 46.8. The second kappa shape index (κ2) is 4.10. The number of likely N-dealkylation sites (N-methyl/N-ethyl adjacent to an activating group) is 1. The Kier molecular flexibility index (Phi) is 2.37. The number of hydrogen-bond acceptors (Lipinski definition) is 5. The molecule has 4 aliphatic carbocycles. The Morgan fingerprint density at radius 3 is 2.92 bits per heavy atom. The molecule has 2 aliphatic heterocycles. The molecule has 4 bridgehead atoms. The molecule has 26 heavy (non-hydrogen) atoms. The number of aromatic hydroxyl groups is 1. The third-order valence-electron chi connectivity index (χ3n) is 8.05. The highest BCUT2D eigenvalue weighted by molar-refractivity contribution is 5.76. The molecule has 6 heteroatoms. The average molecular weight is 355 g/mol. The van der Waals surface area contributed by atoms with Gasteiger partial charge in [-0.2, -0.15) is 0 Å². The third kappa shape index (κ3) is 1.25. The molecule has 1 saturated carbocycles. The van der Waals surface area contributed by atoms with E-state index in [1.807, 2.05) is 6.07 Å². The highest BCUT2D eigenvalue weighted by Gasteiger charge is 2.79. The fraction of sp³-hybridized carbons (Fsp3) is 0.550. The van der Waals surface area contributed by atoms with Gasteiger partial charge < -0.3 is 25.0 Å². The maximum absolute atomic E-state index is 12.0. The molecule has 6 atom stereocenters. The SMILES string of the molecule is CN1CC[C@]23c4c5ccc(O)c4O[C@H]2[C@]2(O)C=C[C@]3(C[C@@H]2C(=O)O)[C@@H]1C5. The molecule has 1 aromatic rings. The van der Waals surface area contributed by atoms with E-state index in [0.29, 0.717) is 12.2 Å². The van der Waals surface area contributed by atoms with Gasteiger partial charge in [-0.05, 0) is 44.5 Å². The lowest BCUT2D eigenvalue weighted by atomic mass is 9.37. The summed E-state index contributed by atoms with van der Waals surface area (Å²) < 4.78 is 6.22. The number of likely N-dealkylation sites (tertiary alicyclic amines) is 1. The number of nitrogens with zero attached hydrogens (tertiary/aromatic N) is 1. The minimum Gasteiger partial charge on any atom is -0.504 e. The van der Waals surface area contributed by atoms with Crippen LogP contribution in [0.5, 0.6) is 11.5 Å². The van der Waals surface area contributed by atoms with Gasteiger partial charge in [0.05, 0.1) is 11.3 Å². The molecule has 2 fully saturated rings. The minimum atomic E-state index is -1.56. The summed E-state index contributed by atoms with van der Waals surface area (Å²) in [7, 11) is 2.10. The number of ether oxygens (including phenoxy) is 1. The highest BCUT2D eigenvalue weighted by Crippen LogP contribution is 2.73. The van der Waals surface area contributed by atoms with Gasteiger partial charge in [-0.15, -0.1) is 0 Å². The van der Waals surface area contributed by atoms with Crippen LogP contribution < -0.4 is 4.74 Å². The Morgan fingerprint density at radius 2 is 2.15 bits per heavy atom. The predicted octanol–water partition coefficient (Wildman–Crippen LogP) is 1.04. The van der Waals surface area contributed by atoms with Crippen LogP contribution in [0, 0.1) is 11.3 Å². The molecule has 6 nitrogen and oxygen atoms in total. The minimum absolute atomic E-state index is 0.0786. The molecule has 6 aliphatic rings. The second-order valence-corrected chi connectivity index (χ2v) is 8.72. The van der Waals surface area contributed by atoms with Gasteiger partial charge in [-0.3, -0.25) is 4.79 Å². The zero-order valence-corrected chi connectivity index (χ0v) is 14.5.